The van der Waals surface area contributed by atoms with E-state index in [0.29, 0.717) is 53.8 Å². The molecule has 2 aromatic carbocycles. The Hall–Kier alpha value is -3.98. The minimum absolute atomic E-state index is 0.0648. The van der Waals surface area contributed by atoms with Crippen molar-refractivity contribution in [3.63, 3.8) is 0 Å². The number of likely N-dealkylation sites (tertiary alicyclic amines) is 1. The Bertz CT molecular complexity index is 1430. The van der Waals surface area contributed by atoms with Crippen LogP contribution in [0.2, 0.25) is 0 Å². The first kappa shape index (κ1) is 22.8. The van der Waals surface area contributed by atoms with Crippen molar-refractivity contribution in [1.29, 1.82) is 0 Å². The molecule has 9 heteroatoms. The molecular weight excluding hydrogens is 452 g/mol. The zero-order chi connectivity index (χ0) is 24.4. The van der Waals surface area contributed by atoms with Gasteiger partial charge in [0.15, 0.2) is 11.6 Å². The molecule has 0 radical (unpaired) electrons. The number of amides is 1. The molecule has 4 aromatic rings. The van der Waals surface area contributed by atoms with Crippen molar-refractivity contribution in [3.05, 3.63) is 88.8 Å². The van der Waals surface area contributed by atoms with E-state index in [1.807, 2.05) is 6.07 Å². The fourth-order valence-corrected chi connectivity index (χ4v) is 4.38. The molecule has 0 bridgehead atoms. The second-order valence-electron chi connectivity index (χ2n) is 8.57. The van der Waals surface area contributed by atoms with Crippen LogP contribution >= 0.6 is 0 Å². The zero-order valence-electron chi connectivity index (χ0n) is 18.8. The molecule has 5 rings (SSSR count). The number of nitrogens with one attached hydrogen (secondary N) is 1. The van der Waals surface area contributed by atoms with Gasteiger partial charge >= 0.3 is 0 Å². The Kier molecular flexibility index (Phi) is 6.33. The van der Waals surface area contributed by atoms with Gasteiger partial charge in [0.25, 0.3) is 5.56 Å². The fraction of sp³-hybridized carbons (Fsp3) is 0.231. The topological polar surface area (TPSA) is 80.1 Å². The summed E-state index contributed by atoms with van der Waals surface area (Å²) in [6.07, 6.45) is 2.90. The molecular formula is C26H23F2N5O2. The average molecular weight is 475 g/mol. The summed E-state index contributed by atoms with van der Waals surface area (Å²) in [6, 6.07) is 15.9. The number of nitrogens with zero attached hydrogens (tertiary/aromatic N) is 4. The van der Waals surface area contributed by atoms with Gasteiger partial charge in [-0.3, -0.25) is 14.5 Å². The van der Waals surface area contributed by atoms with E-state index in [1.165, 1.54) is 10.7 Å². The number of aromatic nitrogens is 3. The summed E-state index contributed by atoms with van der Waals surface area (Å²) >= 11 is 0. The summed E-state index contributed by atoms with van der Waals surface area (Å²) < 4.78 is 28.8. The van der Waals surface area contributed by atoms with Crippen LogP contribution in [0.15, 0.2) is 71.7 Å². The molecule has 2 aromatic heterocycles. The summed E-state index contributed by atoms with van der Waals surface area (Å²) in [7, 11) is 0. The van der Waals surface area contributed by atoms with E-state index in [0.717, 1.165) is 12.1 Å². The van der Waals surface area contributed by atoms with E-state index in [1.54, 1.807) is 42.6 Å². The second kappa shape index (κ2) is 9.71. The number of halogens is 2. The molecule has 1 aliphatic rings. The quantitative estimate of drug-likeness (QED) is 0.471. The molecule has 1 amide bonds. The Morgan fingerprint density at radius 2 is 1.71 bits per heavy atom. The van der Waals surface area contributed by atoms with Crippen LogP contribution in [-0.2, 0) is 11.5 Å². The van der Waals surface area contributed by atoms with Crippen molar-refractivity contribution in [2.45, 2.75) is 19.5 Å². The number of rotatable bonds is 5. The SMILES string of the molecule is O=C(Nc1ccccn1)C1CCN(Cn2nc(-c3ccc(F)c(F)c3)c3ccccc3c2=O)CC1. The van der Waals surface area contributed by atoms with Crippen molar-refractivity contribution in [1.82, 2.24) is 19.7 Å². The molecule has 178 valence electrons. The maximum Gasteiger partial charge on any atom is 0.275 e. The number of piperidine rings is 1. The van der Waals surface area contributed by atoms with Crippen LogP contribution in [0.5, 0.6) is 0 Å². The number of carbonyl (C=O) groups is 1. The van der Waals surface area contributed by atoms with Crippen LogP contribution in [0.4, 0.5) is 14.6 Å². The lowest BCUT2D eigenvalue weighted by Crippen LogP contribution is -2.41. The molecule has 0 saturated carbocycles. The van der Waals surface area contributed by atoms with E-state index >= 15 is 0 Å². The number of hydrogen-bond donors (Lipinski definition) is 1. The van der Waals surface area contributed by atoms with E-state index in [2.05, 4.69) is 20.3 Å². The van der Waals surface area contributed by atoms with Crippen LogP contribution in [0.1, 0.15) is 12.8 Å². The van der Waals surface area contributed by atoms with Gasteiger partial charge in [-0.05, 0) is 49.2 Å². The Balaban J connectivity index is 1.35. The third-order valence-electron chi connectivity index (χ3n) is 6.27. The first-order valence-electron chi connectivity index (χ1n) is 11.4. The van der Waals surface area contributed by atoms with Crippen LogP contribution in [0.25, 0.3) is 22.0 Å². The molecule has 0 atom stereocenters. The first-order valence-corrected chi connectivity index (χ1v) is 11.4. The minimum atomic E-state index is -0.975. The maximum absolute atomic E-state index is 13.9. The van der Waals surface area contributed by atoms with Gasteiger partial charge in [0.05, 0.1) is 17.7 Å². The Labute approximate surface area is 200 Å². The van der Waals surface area contributed by atoms with Gasteiger partial charge < -0.3 is 5.32 Å². The molecule has 0 aliphatic carbocycles. The molecule has 0 spiro atoms. The normalized spacial score (nSPS) is 14.8. The maximum atomic E-state index is 13.9. The van der Waals surface area contributed by atoms with Gasteiger partial charge in [-0.25, -0.2) is 18.4 Å². The summed E-state index contributed by atoms with van der Waals surface area (Å²) in [6.45, 7) is 1.46. The summed E-state index contributed by atoms with van der Waals surface area (Å²) in [5.41, 5.74) is 0.532. The molecule has 1 fully saturated rings. The number of carbonyl (C=O) groups excluding carboxylic acids is 1. The zero-order valence-corrected chi connectivity index (χ0v) is 18.8. The predicted molar refractivity (Wildman–Crippen MR) is 129 cm³/mol. The summed E-state index contributed by atoms with van der Waals surface area (Å²) in [4.78, 5) is 31.9. The fourth-order valence-electron chi connectivity index (χ4n) is 4.38. The van der Waals surface area contributed by atoms with Gasteiger partial charge in [-0.2, -0.15) is 5.10 Å². The van der Waals surface area contributed by atoms with E-state index in [9.17, 15) is 18.4 Å². The number of hydrogen-bond acceptors (Lipinski definition) is 5. The monoisotopic (exact) mass is 475 g/mol. The highest BCUT2D eigenvalue weighted by molar-refractivity contribution is 5.93. The van der Waals surface area contributed by atoms with Crippen LogP contribution in [0.3, 0.4) is 0 Å². The lowest BCUT2D eigenvalue weighted by Gasteiger charge is -2.31. The van der Waals surface area contributed by atoms with Gasteiger partial charge in [-0.1, -0.05) is 24.3 Å². The highest BCUT2D eigenvalue weighted by atomic mass is 19.2. The van der Waals surface area contributed by atoms with E-state index < -0.39 is 11.6 Å². The standard InChI is InChI=1S/C26H23F2N5O2/c27-21-9-8-18(15-22(21)28)24-19-5-1-2-6-20(19)26(35)33(31-24)16-32-13-10-17(11-14-32)25(34)30-23-7-3-4-12-29-23/h1-9,12,15,17H,10-11,13-14,16H2,(H,29,30,34). The molecule has 1 aliphatic heterocycles. The highest BCUT2D eigenvalue weighted by Crippen LogP contribution is 2.26. The van der Waals surface area contributed by atoms with Crippen LogP contribution in [0, 0.1) is 17.6 Å². The van der Waals surface area contributed by atoms with Crippen molar-refractivity contribution in [2.75, 3.05) is 18.4 Å². The smallest absolute Gasteiger partial charge is 0.275 e. The lowest BCUT2D eigenvalue weighted by molar-refractivity contribution is -0.121. The van der Waals surface area contributed by atoms with Gasteiger partial charge in [0, 0.05) is 36.2 Å². The molecule has 0 unspecified atom stereocenters. The third kappa shape index (κ3) is 4.81. The largest absolute Gasteiger partial charge is 0.310 e. The molecule has 1 N–H and O–H groups in total. The van der Waals surface area contributed by atoms with Crippen molar-refractivity contribution in [2.24, 2.45) is 5.92 Å². The van der Waals surface area contributed by atoms with Gasteiger partial charge in [0.1, 0.15) is 5.82 Å². The molecule has 35 heavy (non-hydrogen) atoms. The lowest BCUT2D eigenvalue weighted by atomic mass is 9.96. The molecule has 1 saturated heterocycles. The van der Waals surface area contributed by atoms with E-state index in [-0.39, 0.29) is 24.1 Å². The summed E-state index contributed by atoms with van der Waals surface area (Å²) in [5.74, 6) is -1.60. The number of fused-ring (bicyclic) bond motifs is 1. The predicted octanol–water partition coefficient (Wildman–Crippen LogP) is 4.04. The van der Waals surface area contributed by atoms with E-state index in [4.69, 9.17) is 0 Å². The minimum Gasteiger partial charge on any atom is -0.310 e. The van der Waals surface area contributed by atoms with Crippen LogP contribution in [-0.4, -0.2) is 38.7 Å². The Morgan fingerprint density at radius 1 is 0.971 bits per heavy atom. The second-order valence-corrected chi connectivity index (χ2v) is 8.57. The van der Waals surface area contributed by atoms with Crippen molar-refractivity contribution >= 4 is 22.5 Å². The molecule has 3 heterocycles. The number of anilines is 1. The Morgan fingerprint density at radius 3 is 2.43 bits per heavy atom. The van der Waals surface area contributed by atoms with Crippen LogP contribution < -0.4 is 10.9 Å². The van der Waals surface area contributed by atoms with Gasteiger partial charge in [0.2, 0.25) is 5.91 Å². The van der Waals surface area contributed by atoms with Crippen molar-refractivity contribution < 1.29 is 13.6 Å². The summed E-state index contributed by atoms with van der Waals surface area (Å²) in [5, 5.41) is 8.40. The number of benzene rings is 2. The average Bonchev–Trinajstić information content (AvgIpc) is 2.88. The number of pyridine rings is 1. The van der Waals surface area contributed by atoms with Crippen molar-refractivity contribution in [3.8, 4) is 11.3 Å². The highest BCUT2D eigenvalue weighted by Gasteiger charge is 2.26. The first-order chi connectivity index (χ1) is 17.0. The molecule has 7 nitrogen and oxygen atoms in total. The third-order valence-corrected chi connectivity index (χ3v) is 6.27. The van der Waals surface area contributed by atoms with Gasteiger partial charge in [-0.15, -0.1) is 0 Å².